The second-order valence-corrected chi connectivity index (χ2v) is 4.96. The quantitative estimate of drug-likeness (QED) is 0.842. The fourth-order valence-electron chi connectivity index (χ4n) is 2.08. The van der Waals surface area contributed by atoms with Crippen LogP contribution < -0.4 is 10.1 Å². The normalized spacial score (nSPS) is 22.4. The molecule has 4 heteroatoms. The molecule has 18 heavy (non-hydrogen) atoms. The van der Waals surface area contributed by atoms with E-state index < -0.39 is 5.97 Å². The number of aliphatic carboxylic acids is 1. The van der Waals surface area contributed by atoms with Crippen molar-refractivity contribution in [3.8, 4) is 5.75 Å². The molecule has 0 aromatic heterocycles. The van der Waals surface area contributed by atoms with Gasteiger partial charge in [0, 0.05) is 11.7 Å². The number of hydrogen-bond acceptors (Lipinski definition) is 3. The third-order valence-corrected chi connectivity index (χ3v) is 3.17. The van der Waals surface area contributed by atoms with Crippen LogP contribution in [-0.4, -0.2) is 23.2 Å². The molecule has 0 amide bonds. The largest absolute Gasteiger partial charge is 0.491 e. The van der Waals surface area contributed by atoms with Crippen molar-refractivity contribution in [1.82, 2.24) is 0 Å². The second-order valence-electron chi connectivity index (χ2n) is 4.96. The van der Waals surface area contributed by atoms with Crippen molar-refractivity contribution in [3.63, 3.8) is 0 Å². The lowest BCUT2D eigenvalue weighted by atomic mass is 9.79. The highest BCUT2D eigenvalue weighted by Gasteiger charge is 2.36. The molecular weight excluding hydrogens is 230 g/mol. The van der Waals surface area contributed by atoms with Gasteiger partial charge < -0.3 is 15.2 Å². The highest BCUT2D eigenvalue weighted by Crippen LogP contribution is 2.31. The van der Waals surface area contributed by atoms with Crippen molar-refractivity contribution in [2.75, 3.05) is 5.32 Å². The summed E-state index contributed by atoms with van der Waals surface area (Å²) in [4.78, 5) is 10.9. The van der Waals surface area contributed by atoms with E-state index in [2.05, 4.69) is 5.32 Å². The molecule has 0 bridgehead atoms. The van der Waals surface area contributed by atoms with Crippen LogP contribution >= 0.6 is 0 Å². The molecule has 2 N–H and O–H groups in total. The van der Waals surface area contributed by atoms with Crippen LogP contribution in [0.2, 0.25) is 0 Å². The van der Waals surface area contributed by atoms with Crippen molar-refractivity contribution >= 4 is 11.7 Å². The molecule has 1 saturated carbocycles. The number of hydrogen-bond donors (Lipinski definition) is 2. The van der Waals surface area contributed by atoms with Gasteiger partial charge in [-0.15, -0.1) is 0 Å². The standard InChI is InChI=1S/C14H19NO3/c1-9(2)18-11-5-3-10(4-6-11)15-13-8-7-12(13)14(16)17/h3-6,9,12-13,15H,7-8H2,1-2H3,(H,16,17). The van der Waals surface area contributed by atoms with Gasteiger partial charge in [-0.3, -0.25) is 4.79 Å². The fraction of sp³-hybridized carbons (Fsp3) is 0.500. The summed E-state index contributed by atoms with van der Waals surface area (Å²) in [5.74, 6) is -0.131. The van der Waals surface area contributed by atoms with E-state index >= 15 is 0 Å². The van der Waals surface area contributed by atoms with Crippen LogP contribution in [0.1, 0.15) is 26.7 Å². The van der Waals surface area contributed by atoms with E-state index in [4.69, 9.17) is 9.84 Å². The Bertz CT molecular complexity index is 414. The first-order chi connectivity index (χ1) is 8.56. The van der Waals surface area contributed by atoms with Crippen LogP contribution in [0.3, 0.4) is 0 Å². The Kier molecular flexibility index (Phi) is 3.75. The number of carboxylic acids is 1. The highest BCUT2D eigenvalue weighted by molar-refractivity contribution is 5.73. The minimum absolute atomic E-state index is 0.0550. The summed E-state index contributed by atoms with van der Waals surface area (Å²) < 4.78 is 5.55. The van der Waals surface area contributed by atoms with E-state index in [0.717, 1.165) is 24.3 Å². The zero-order valence-electron chi connectivity index (χ0n) is 10.7. The average Bonchev–Trinajstić information content (AvgIpc) is 2.25. The molecule has 0 aliphatic heterocycles. The number of nitrogens with one attached hydrogen (secondary N) is 1. The zero-order chi connectivity index (χ0) is 13.1. The van der Waals surface area contributed by atoms with Crippen molar-refractivity contribution in [2.24, 2.45) is 5.92 Å². The Hall–Kier alpha value is -1.71. The fourth-order valence-corrected chi connectivity index (χ4v) is 2.08. The second kappa shape index (κ2) is 5.29. The third kappa shape index (κ3) is 2.94. The summed E-state index contributed by atoms with van der Waals surface area (Å²) in [7, 11) is 0. The van der Waals surface area contributed by atoms with Gasteiger partial charge in [0.2, 0.25) is 0 Å². The Labute approximate surface area is 107 Å². The van der Waals surface area contributed by atoms with Crippen molar-refractivity contribution in [2.45, 2.75) is 38.8 Å². The Balaban J connectivity index is 1.92. The van der Waals surface area contributed by atoms with Gasteiger partial charge in [-0.25, -0.2) is 0 Å². The molecule has 0 spiro atoms. The van der Waals surface area contributed by atoms with Crippen LogP contribution in [0.25, 0.3) is 0 Å². The maximum absolute atomic E-state index is 10.9. The highest BCUT2D eigenvalue weighted by atomic mass is 16.5. The number of benzene rings is 1. The molecule has 98 valence electrons. The molecule has 2 unspecified atom stereocenters. The van der Waals surface area contributed by atoms with E-state index in [0.29, 0.717) is 0 Å². The predicted octanol–water partition coefficient (Wildman–Crippen LogP) is 2.75. The average molecular weight is 249 g/mol. The first kappa shape index (κ1) is 12.7. The van der Waals surface area contributed by atoms with Crippen LogP contribution in [0.15, 0.2) is 24.3 Å². The van der Waals surface area contributed by atoms with Crippen molar-refractivity contribution < 1.29 is 14.6 Å². The Morgan fingerprint density at radius 3 is 2.44 bits per heavy atom. The van der Waals surface area contributed by atoms with Crippen molar-refractivity contribution in [1.29, 1.82) is 0 Å². The Morgan fingerprint density at radius 2 is 2.00 bits per heavy atom. The molecule has 0 heterocycles. The molecular formula is C14H19NO3. The number of ether oxygens (including phenoxy) is 1. The molecule has 2 atom stereocenters. The summed E-state index contributed by atoms with van der Waals surface area (Å²) >= 11 is 0. The molecule has 1 aliphatic rings. The van der Waals surface area contributed by atoms with Gasteiger partial charge in [0.1, 0.15) is 5.75 Å². The Morgan fingerprint density at radius 1 is 1.33 bits per heavy atom. The molecule has 0 saturated heterocycles. The van der Waals surface area contributed by atoms with Crippen LogP contribution in [0, 0.1) is 5.92 Å². The molecule has 0 radical (unpaired) electrons. The number of carboxylic acid groups (broad SMARTS) is 1. The lowest BCUT2D eigenvalue weighted by Crippen LogP contribution is -2.42. The van der Waals surface area contributed by atoms with Gasteiger partial charge in [0.05, 0.1) is 12.0 Å². The minimum atomic E-state index is -0.710. The zero-order valence-corrected chi connectivity index (χ0v) is 10.7. The summed E-state index contributed by atoms with van der Waals surface area (Å²) in [6.45, 7) is 3.97. The molecule has 1 aromatic carbocycles. The van der Waals surface area contributed by atoms with E-state index in [9.17, 15) is 4.79 Å². The lowest BCUT2D eigenvalue weighted by molar-refractivity contribution is -0.144. The minimum Gasteiger partial charge on any atom is -0.491 e. The third-order valence-electron chi connectivity index (χ3n) is 3.17. The SMILES string of the molecule is CC(C)Oc1ccc(NC2CCC2C(=O)O)cc1. The van der Waals surface area contributed by atoms with Gasteiger partial charge in [-0.05, 0) is 51.0 Å². The van der Waals surface area contributed by atoms with E-state index in [1.807, 2.05) is 38.1 Å². The topological polar surface area (TPSA) is 58.6 Å². The van der Waals surface area contributed by atoms with E-state index in [1.54, 1.807) is 0 Å². The van der Waals surface area contributed by atoms with E-state index in [-0.39, 0.29) is 18.1 Å². The molecule has 1 fully saturated rings. The summed E-state index contributed by atoms with van der Waals surface area (Å²) in [6.07, 6.45) is 1.84. The van der Waals surface area contributed by atoms with Gasteiger partial charge in [0.25, 0.3) is 0 Å². The predicted molar refractivity (Wildman–Crippen MR) is 70.0 cm³/mol. The first-order valence-corrected chi connectivity index (χ1v) is 6.32. The summed E-state index contributed by atoms with van der Waals surface area (Å²) in [5.41, 5.74) is 0.946. The first-order valence-electron chi connectivity index (χ1n) is 6.32. The molecule has 1 aromatic rings. The maximum Gasteiger partial charge on any atom is 0.308 e. The molecule has 1 aliphatic carbocycles. The lowest BCUT2D eigenvalue weighted by Gasteiger charge is -2.34. The monoisotopic (exact) mass is 249 g/mol. The number of rotatable bonds is 5. The van der Waals surface area contributed by atoms with Crippen molar-refractivity contribution in [3.05, 3.63) is 24.3 Å². The van der Waals surface area contributed by atoms with Gasteiger partial charge in [-0.2, -0.15) is 0 Å². The maximum atomic E-state index is 10.9. The van der Waals surface area contributed by atoms with Gasteiger partial charge in [0.15, 0.2) is 0 Å². The van der Waals surface area contributed by atoms with Crippen LogP contribution in [0.4, 0.5) is 5.69 Å². The van der Waals surface area contributed by atoms with Crippen LogP contribution in [-0.2, 0) is 4.79 Å². The molecule has 2 rings (SSSR count). The summed E-state index contributed by atoms with van der Waals surface area (Å²) in [6, 6.07) is 7.71. The number of carbonyl (C=O) groups is 1. The van der Waals surface area contributed by atoms with Gasteiger partial charge in [-0.1, -0.05) is 0 Å². The van der Waals surface area contributed by atoms with E-state index in [1.165, 1.54) is 0 Å². The van der Waals surface area contributed by atoms with Crippen LogP contribution in [0.5, 0.6) is 5.75 Å². The van der Waals surface area contributed by atoms with Gasteiger partial charge >= 0.3 is 5.97 Å². The molecule has 4 nitrogen and oxygen atoms in total. The number of anilines is 1. The smallest absolute Gasteiger partial charge is 0.308 e. The summed E-state index contributed by atoms with van der Waals surface area (Å²) in [5, 5.41) is 12.2.